The molecule has 0 spiro atoms. The number of aliphatic hydroxyl groups is 3. The number of fused-ring (bicyclic) bond motifs is 1. The molecule has 11 nitrogen and oxygen atoms in total. The predicted octanol–water partition coefficient (Wildman–Crippen LogP) is -0.150. The van der Waals surface area contributed by atoms with Crippen LogP contribution in [-0.4, -0.2) is 69.5 Å². The first-order valence-electron chi connectivity index (χ1n) is 9.29. The van der Waals surface area contributed by atoms with Crippen molar-refractivity contribution in [1.82, 2.24) is 29.3 Å². The number of allylic oxidation sites excluding steroid dienone is 1. The number of unbranched alkanes of at least 4 members (excludes halogenated alkanes) is 1. The largest absolute Gasteiger partial charge is 0.394 e. The standard InChI is InChI=1S/C18H23N7O4/c1-2-3-4-5-24-7-10(6-21-24)16-22-15(19)12-17(23-16)25(9-20-12)18-14(28)13(27)11(8-26)29-18/h2,6-7,9,11,13-14,18,26-28H,1,3-5,8H2,(H2,19,22,23)/t11?,13-,14-,18?/m1/s1. The smallest absolute Gasteiger partial charge is 0.168 e. The van der Waals surface area contributed by atoms with Crippen molar-refractivity contribution in [2.75, 3.05) is 12.3 Å². The van der Waals surface area contributed by atoms with Crippen LogP contribution in [0, 0.1) is 0 Å². The Labute approximate surface area is 166 Å². The molecule has 5 N–H and O–H groups in total. The lowest BCUT2D eigenvalue weighted by Gasteiger charge is -2.16. The van der Waals surface area contributed by atoms with Gasteiger partial charge in [0.2, 0.25) is 0 Å². The third-order valence-corrected chi connectivity index (χ3v) is 4.93. The predicted molar refractivity (Wildman–Crippen MR) is 103 cm³/mol. The highest BCUT2D eigenvalue weighted by Crippen LogP contribution is 2.32. The van der Waals surface area contributed by atoms with Crippen LogP contribution in [-0.2, 0) is 11.3 Å². The number of nitrogens with zero attached hydrogens (tertiary/aromatic N) is 6. The zero-order valence-electron chi connectivity index (χ0n) is 15.7. The molecule has 3 aromatic rings. The van der Waals surface area contributed by atoms with Crippen LogP contribution in [0.2, 0.25) is 0 Å². The minimum atomic E-state index is -1.25. The van der Waals surface area contributed by atoms with E-state index in [1.165, 1.54) is 10.9 Å². The van der Waals surface area contributed by atoms with Crippen LogP contribution < -0.4 is 5.73 Å². The van der Waals surface area contributed by atoms with Crippen LogP contribution in [0.25, 0.3) is 22.6 Å². The summed E-state index contributed by atoms with van der Waals surface area (Å²) in [6.07, 6.45) is 4.24. The van der Waals surface area contributed by atoms with E-state index in [9.17, 15) is 15.3 Å². The van der Waals surface area contributed by atoms with Gasteiger partial charge in [-0.25, -0.2) is 15.0 Å². The van der Waals surface area contributed by atoms with Crippen LogP contribution in [0.4, 0.5) is 5.82 Å². The number of rotatable bonds is 7. The number of ether oxygens (including phenoxy) is 1. The van der Waals surface area contributed by atoms with Gasteiger partial charge in [-0.2, -0.15) is 5.10 Å². The zero-order chi connectivity index (χ0) is 20.5. The molecular weight excluding hydrogens is 378 g/mol. The van der Waals surface area contributed by atoms with Crippen LogP contribution in [0.1, 0.15) is 19.1 Å². The average Bonchev–Trinajstić information content (AvgIpc) is 3.41. The van der Waals surface area contributed by atoms with Crippen molar-refractivity contribution in [3.05, 3.63) is 31.4 Å². The van der Waals surface area contributed by atoms with Crippen molar-refractivity contribution in [2.24, 2.45) is 0 Å². The second-order valence-corrected chi connectivity index (χ2v) is 6.91. The molecule has 3 aromatic heterocycles. The summed E-state index contributed by atoms with van der Waals surface area (Å²) in [5.74, 6) is 0.536. The van der Waals surface area contributed by atoms with Crippen LogP contribution in [0.5, 0.6) is 0 Å². The van der Waals surface area contributed by atoms with Gasteiger partial charge in [-0.15, -0.1) is 6.58 Å². The molecular formula is C18H23N7O4. The lowest BCUT2D eigenvalue weighted by atomic mass is 10.1. The number of anilines is 1. The average molecular weight is 401 g/mol. The molecule has 0 amide bonds. The summed E-state index contributed by atoms with van der Waals surface area (Å²) in [4.78, 5) is 13.1. The molecule has 4 heterocycles. The maximum atomic E-state index is 10.3. The van der Waals surface area contributed by atoms with E-state index >= 15 is 0 Å². The Hall–Kier alpha value is -2.86. The zero-order valence-corrected chi connectivity index (χ0v) is 15.7. The highest BCUT2D eigenvalue weighted by molar-refractivity contribution is 5.83. The molecule has 1 fully saturated rings. The molecule has 154 valence electrons. The Balaban J connectivity index is 1.68. The summed E-state index contributed by atoms with van der Waals surface area (Å²) in [6.45, 7) is 4.03. The van der Waals surface area contributed by atoms with Gasteiger partial charge in [-0.05, 0) is 12.8 Å². The van der Waals surface area contributed by atoms with E-state index < -0.39 is 31.1 Å². The van der Waals surface area contributed by atoms with E-state index in [2.05, 4.69) is 26.6 Å². The van der Waals surface area contributed by atoms with E-state index in [1.54, 1.807) is 10.9 Å². The fourth-order valence-electron chi connectivity index (χ4n) is 3.36. The first kappa shape index (κ1) is 19.5. The summed E-state index contributed by atoms with van der Waals surface area (Å²) >= 11 is 0. The molecule has 0 bridgehead atoms. The molecule has 0 aromatic carbocycles. The first-order chi connectivity index (χ1) is 14.0. The molecule has 4 rings (SSSR count). The lowest BCUT2D eigenvalue weighted by Crippen LogP contribution is -2.33. The molecule has 0 aliphatic carbocycles. The number of imidazole rings is 1. The fraction of sp³-hybridized carbons (Fsp3) is 0.444. The molecule has 1 aliphatic heterocycles. The lowest BCUT2D eigenvalue weighted by molar-refractivity contribution is -0.0511. The van der Waals surface area contributed by atoms with Crippen molar-refractivity contribution in [2.45, 2.75) is 43.9 Å². The van der Waals surface area contributed by atoms with Crippen molar-refractivity contribution < 1.29 is 20.1 Å². The van der Waals surface area contributed by atoms with E-state index in [0.717, 1.165) is 19.4 Å². The van der Waals surface area contributed by atoms with Gasteiger partial charge >= 0.3 is 0 Å². The number of aryl methyl sites for hydroxylation is 1. The normalized spacial score (nSPS) is 24.4. The third-order valence-electron chi connectivity index (χ3n) is 4.93. The molecule has 11 heteroatoms. The Morgan fingerprint density at radius 1 is 1.28 bits per heavy atom. The summed E-state index contributed by atoms with van der Waals surface area (Å²) < 4.78 is 8.86. The summed E-state index contributed by atoms with van der Waals surface area (Å²) in [6, 6.07) is 0. The SMILES string of the molecule is C=CCCCn1cc(-c2nc(N)c3ncn(C4OC(CO)[C@@H](O)[C@H]4O)c3n2)cn1. The van der Waals surface area contributed by atoms with E-state index in [1.807, 2.05) is 12.3 Å². The Morgan fingerprint density at radius 3 is 2.83 bits per heavy atom. The Kier molecular flexibility index (Phi) is 5.28. The molecule has 0 saturated carbocycles. The van der Waals surface area contributed by atoms with Gasteiger partial charge in [-0.1, -0.05) is 6.08 Å². The monoisotopic (exact) mass is 401 g/mol. The molecule has 2 unspecified atom stereocenters. The molecule has 4 atom stereocenters. The number of hydrogen-bond acceptors (Lipinski definition) is 9. The number of nitrogen functional groups attached to an aromatic ring is 1. The Bertz CT molecular complexity index is 1020. The Morgan fingerprint density at radius 2 is 2.10 bits per heavy atom. The van der Waals surface area contributed by atoms with Gasteiger partial charge in [0.05, 0.1) is 24.7 Å². The minimum Gasteiger partial charge on any atom is -0.394 e. The van der Waals surface area contributed by atoms with Gasteiger partial charge in [0.25, 0.3) is 0 Å². The number of aromatic nitrogens is 6. The van der Waals surface area contributed by atoms with Crippen molar-refractivity contribution in [3.63, 3.8) is 0 Å². The van der Waals surface area contributed by atoms with Gasteiger partial charge in [0.15, 0.2) is 23.5 Å². The molecule has 1 aliphatic rings. The van der Waals surface area contributed by atoms with E-state index in [-0.39, 0.29) is 5.82 Å². The van der Waals surface area contributed by atoms with Gasteiger partial charge < -0.3 is 25.8 Å². The van der Waals surface area contributed by atoms with Crippen molar-refractivity contribution in [1.29, 1.82) is 0 Å². The highest BCUT2D eigenvalue weighted by Gasteiger charge is 2.44. The summed E-state index contributed by atoms with van der Waals surface area (Å²) in [5.41, 5.74) is 7.46. The third kappa shape index (κ3) is 3.49. The molecule has 0 radical (unpaired) electrons. The van der Waals surface area contributed by atoms with Crippen LogP contribution in [0.3, 0.4) is 0 Å². The fourth-order valence-corrected chi connectivity index (χ4v) is 3.36. The summed E-state index contributed by atoms with van der Waals surface area (Å²) in [7, 11) is 0. The first-order valence-corrected chi connectivity index (χ1v) is 9.29. The van der Waals surface area contributed by atoms with Crippen molar-refractivity contribution in [3.8, 4) is 11.4 Å². The minimum absolute atomic E-state index is 0.176. The maximum absolute atomic E-state index is 10.3. The highest BCUT2D eigenvalue weighted by atomic mass is 16.6. The van der Waals surface area contributed by atoms with Crippen LogP contribution >= 0.6 is 0 Å². The van der Waals surface area contributed by atoms with E-state index in [4.69, 9.17) is 10.5 Å². The summed E-state index contributed by atoms with van der Waals surface area (Å²) in [5, 5.41) is 34.0. The molecule has 1 saturated heterocycles. The van der Waals surface area contributed by atoms with E-state index in [0.29, 0.717) is 22.6 Å². The topological polar surface area (TPSA) is 157 Å². The van der Waals surface area contributed by atoms with Crippen LogP contribution in [0.15, 0.2) is 31.4 Å². The number of hydrogen-bond donors (Lipinski definition) is 4. The second kappa shape index (κ2) is 7.87. The van der Waals surface area contributed by atoms with Gasteiger partial charge in [0, 0.05) is 12.7 Å². The molecule has 29 heavy (non-hydrogen) atoms. The quantitative estimate of drug-likeness (QED) is 0.312. The maximum Gasteiger partial charge on any atom is 0.168 e. The van der Waals surface area contributed by atoms with Crippen molar-refractivity contribution >= 4 is 17.0 Å². The number of nitrogens with two attached hydrogens (primary N) is 1. The van der Waals surface area contributed by atoms with Gasteiger partial charge in [-0.3, -0.25) is 9.25 Å². The second-order valence-electron chi connectivity index (χ2n) is 6.91. The van der Waals surface area contributed by atoms with Gasteiger partial charge in [0.1, 0.15) is 23.8 Å². The number of aliphatic hydroxyl groups excluding tert-OH is 3.